The standard InChI is InChI=1S/C16H21ClN2O3/c1-12(10-16(21)22)9-15(20)19-7-5-18(6-8-19)14-4-2-3-13(17)11-14/h2-4,11-12H,5-10H2,1H3,(H,21,22)/p-1/t12-/m0/s1. The largest absolute Gasteiger partial charge is 0.550 e. The lowest BCUT2D eigenvalue weighted by Crippen LogP contribution is -2.49. The zero-order valence-electron chi connectivity index (χ0n) is 12.6. The van der Waals surface area contributed by atoms with Gasteiger partial charge in [-0.25, -0.2) is 0 Å². The molecule has 1 amide bonds. The Bertz CT molecular complexity index is 542. The molecule has 1 atom stereocenters. The highest BCUT2D eigenvalue weighted by atomic mass is 35.5. The van der Waals surface area contributed by atoms with Crippen LogP contribution in [0.15, 0.2) is 24.3 Å². The van der Waals surface area contributed by atoms with Gasteiger partial charge < -0.3 is 19.7 Å². The van der Waals surface area contributed by atoms with E-state index in [4.69, 9.17) is 11.6 Å². The van der Waals surface area contributed by atoms with E-state index in [1.54, 1.807) is 11.8 Å². The molecular weight excluding hydrogens is 304 g/mol. The molecule has 1 aromatic carbocycles. The minimum Gasteiger partial charge on any atom is -0.550 e. The number of piperazine rings is 1. The molecule has 1 fully saturated rings. The first kappa shape index (κ1) is 16.6. The van der Waals surface area contributed by atoms with Crippen molar-refractivity contribution >= 4 is 29.2 Å². The van der Waals surface area contributed by atoms with Crippen LogP contribution in [0.25, 0.3) is 0 Å². The minimum atomic E-state index is -1.11. The van der Waals surface area contributed by atoms with Crippen LogP contribution in [-0.4, -0.2) is 43.0 Å². The number of rotatable bonds is 5. The zero-order chi connectivity index (χ0) is 16.1. The van der Waals surface area contributed by atoms with Crippen molar-refractivity contribution in [2.45, 2.75) is 19.8 Å². The highest BCUT2D eigenvalue weighted by molar-refractivity contribution is 6.30. The van der Waals surface area contributed by atoms with E-state index in [9.17, 15) is 14.7 Å². The predicted molar refractivity (Wildman–Crippen MR) is 83.7 cm³/mol. The summed E-state index contributed by atoms with van der Waals surface area (Å²) in [4.78, 5) is 26.7. The molecule has 1 aliphatic heterocycles. The molecule has 1 aliphatic rings. The summed E-state index contributed by atoms with van der Waals surface area (Å²) >= 11 is 6.00. The van der Waals surface area contributed by atoms with Crippen molar-refractivity contribution in [2.75, 3.05) is 31.1 Å². The summed E-state index contributed by atoms with van der Waals surface area (Å²) in [6, 6.07) is 7.67. The van der Waals surface area contributed by atoms with E-state index in [-0.39, 0.29) is 24.7 Å². The van der Waals surface area contributed by atoms with Gasteiger partial charge in [0.25, 0.3) is 0 Å². The van der Waals surface area contributed by atoms with E-state index in [2.05, 4.69) is 4.90 Å². The van der Waals surface area contributed by atoms with E-state index in [0.717, 1.165) is 18.8 Å². The molecule has 0 N–H and O–H groups in total. The van der Waals surface area contributed by atoms with Crippen LogP contribution in [0.3, 0.4) is 0 Å². The number of carboxylic acid groups (broad SMARTS) is 1. The number of aliphatic carboxylic acids is 1. The van der Waals surface area contributed by atoms with Crippen molar-refractivity contribution < 1.29 is 14.7 Å². The summed E-state index contributed by atoms with van der Waals surface area (Å²) in [7, 11) is 0. The van der Waals surface area contributed by atoms with Gasteiger partial charge in [0.15, 0.2) is 0 Å². The minimum absolute atomic E-state index is 0.0134. The van der Waals surface area contributed by atoms with Gasteiger partial charge in [0, 0.05) is 49.3 Å². The number of amides is 1. The summed E-state index contributed by atoms with van der Waals surface area (Å²) in [5, 5.41) is 11.2. The first-order valence-corrected chi connectivity index (χ1v) is 7.81. The smallest absolute Gasteiger partial charge is 0.222 e. The van der Waals surface area contributed by atoms with Crippen molar-refractivity contribution in [1.82, 2.24) is 4.90 Å². The van der Waals surface area contributed by atoms with Gasteiger partial charge in [0.1, 0.15) is 0 Å². The van der Waals surface area contributed by atoms with E-state index < -0.39 is 5.97 Å². The Kier molecular flexibility index (Phi) is 5.66. The third kappa shape index (κ3) is 4.63. The molecule has 1 heterocycles. The lowest BCUT2D eigenvalue weighted by molar-refractivity contribution is -0.306. The summed E-state index contributed by atoms with van der Waals surface area (Å²) in [6.07, 6.45) is 0.180. The second-order valence-corrected chi connectivity index (χ2v) is 6.17. The predicted octanol–water partition coefficient (Wildman–Crippen LogP) is 1.15. The number of carbonyl (C=O) groups is 2. The van der Waals surface area contributed by atoms with E-state index >= 15 is 0 Å². The van der Waals surface area contributed by atoms with E-state index in [1.165, 1.54) is 0 Å². The van der Waals surface area contributed by atoms with Gasteiger partial charge in [-0.15, -0.1) is 0 Å². The fourth-order valence-electron chi connectivity index (χ4n) is 2.67. The molecule has 0 radical (unpaired) electrons. The molecule has 0 aromatic heterocycles. The second-order valence-electron chi connectivity index (χ2n) is 5.73. The number of carbonyl (C=O) groups excluding carboxylic acids is 2. The normalized spacial score (nSPS) is 16.5. The van der Waals surface area contributed by atoms with Gasteiger partial charge in [-0.05, 0) is 30.5 Å². The Morgan fingerprint density at radius 1 is 1.23 bits per heavy atom. The maximum absolute atomic E-state index is 12.2. The maximum Gasteiger partial charge on any atom is 0.222 e. The van der Waals surface area contributed by atoms with Gasteiger partial charge in [-0.3, -0.25) is 4.79 Å². The monoisotopic (exact) mass is 323 g/mol. The Morgan fingerprint density at radius 3 is 2.50 bits per heavy atom. The Morgan fingerprint density at radius 2 is 1.91 bits per heavy atom. The molecule has 1 saturated heterocycles. The molecule has 2 rings (SSSR count). The third-order valence-corrected chi connectivity index (χ3v) is 4.08. The summed E-state index contributed by atoms with van der Waals surface area (Å²) in [6.45, 7) is 4.55. The van der Waals surface area contributed by atoms with E-state index in [1.807, 2.05) is 24.3 Å². The quantitative estimate of drug-likeness (QED) is 0.815. The van der Waals surface area contributed by atoms with Crippen LogP contribution < -0.4 is 10.0 Å². The Hall–Kier alpha value is -1.75. The van der Waals surface area contributed by atoms with Gasteiger partial charge >= 0.3 is 0 Å². The highest BCUT2D eigenvalue weighted by Gasteiger charge is 2.22. The van der Waals surface area contributed by atoms with Crippen molar-refractivity contribution in [2.24, 2.45) is 5.92 Å². The molecule has 0 spiro atoms. The van der Waals surface area contributed by atoms with Crippen LogP contribution in [0.5, 0.6) is 0 Å². The summed E-state index contributed by atoms with van der Waals surface area (Å²) in [5.74, 6) is -1.28. The maximum atomic E-state index is 12.2. The van der Waals surface area contributed by atoms with E-state index in [0.29, 0.717) is 18.1 Å². The number of hydrogen-bond donors (Lipinski definition) is 0. The highest BCUT2D eigenvalue weighted by Crippen LogP contribution is 2.21. The van der Waals surface area contributed by atoms with Crippen molar-refractivity contribution in [3.8, 4) is 0 Å². The van der Waals surface area contributed by atoms with Crippen molar-refractivity contribution in [1.29, 1.82) is 0 Å². The summed E-state index contributed by atoms with van der Waals surface area (Å²) < 4.78 is 0. The molecule has 0 unspecified atom stereocenters. The number of hydrogen-bond acceptors (Lipinski definition) is 4. The number of halogens is 1. The fraction of sp³-hybridized carbons (Fsp3) is 0.500. The number of anilines is 1. The van der Waals surface area contributed by atoms with Gasteiger partial charge in [0.05, 0.1) is 0 Å². The molecule has 0 saturated carbocycles. The second kappa shape index (κ2) is 7.49. The molecule has 0 bridgehead atoms. The number of nitrogens with zero attached hydrogens (tertiary/aromatic N) is 2. The molecule has 0 aliphatic carbocycles. The van der Waals surface area contributed by atoms with Gasteiger partial charge in [-0.1, -0.05) is 24.6 Å². The number of benzene rings is 1. The molecule has 5 nitrogen and oxygen atoms in total. The van der Waals surface area contributed by atoms with Crippen molar-refractivity contribution in [3.05, 3.63) is 29.3 Å². The summed E-state index contributed by atoms with van der Waals surface area (Å²) in [5.41, 5.74) is 1.06. The van der Waals surface area contributed by atoms with Gasteiger partial charge in [-0.2, -0.15) is 0 Å². The molecule has 22 heavy (non-hydrogen) atoms. The SMILES string of the molecule is C[C@H](CC(=O)[O-])CC(=O)N1CCN(c2cccc(Cl)c2)CC1. The first-order valence-electron chi connectivity index (χ1n) is 7.44. The Balaban J connectivity index is 1.84. The van der Waals surface area contributed by atoms with Crippen LogP contribution in [0.2, 0.25) is 5.02 Å². The molecule has 6 heteroatoms. The van der Waals surface area contributed by atoms with Crippen LogP contribution in [-0.2, 0) is 9.59 Å². The van der Waals surface area contributed by atoms with Gasteiger partial charge in [0.2, 0.25) is 5.91 Å². The van der Waals surface area contributed by atoms with Crippen LogP contribution in [0.4, 0.5) is 5.69 Å². The van der Waals surface area contributed by atoms with Crippen molar-refractivity contribution in [3.63, 3.8) is 0 Å². The Labute approximate surface area is 135 Å². The lowest BCUT2D eigenvalue weighted by atomic mass is 10.0. The average molecular weight is 324 g/mol. The lowest BCUT2D eigenvalue weighted by Gasteiger charge is -2.36. The third-order valence-electron chi connectivity index (χ3n) is 3.84. The zero-order valence-corrected chi connectivity index (χ0v) is 13.4. The van der Waals surface area contributed by atoms with Crippen LogP contribution in [0.1, 0.15) is 19.8 Å². The first-order chi connectivity index (χ1) is 10.5. The molecule has 120 valence electrons. The van der Waals surface area contributed by atoms with Crippen LogP contribution >= 0.6 is 11.6 Å². The topological polar surface area (TPSA) is 63.7 Å². The molecule has 1 aromatic rings. The van der Waals surface area contributed by atoms with Crippen LogP contribution in [0, 0.1) is 5.92 Å². The average Bonchev–Trinajstić information content (AvgIpc) is 2.46. The fourth-order valence-corrected chi connectivity index (χ4v) is 2.86. The molecular formula is C16H20ClN2O3-. The number of carboxylic acids is 1.